The molecule has 1 fully saturated rings. The van der Waals surface area contributed by atoms with E-state index in [9.17, 15) is 0 Å². The molecule has 0 heterocycles. The Bertz CT molecular complexity index is 529. The molecular formula is C18H18. The first-order valence-corrected chi connectivity index (χ1v) is 7.13. The Morgan fingerprint density at radius 3 is 1.56 bits per heavy atom. The van der Waals surface area contributed by atoms with Crippen molar-refractivity contribution in [3.05, 3.63) is 59.7 Å². The first-order chi connectivity index (χ1) is 8.95. The maximum absolute atomic E-state index is 2.36. The van der Waals surface area contributed by atoms with E-state index in [2.05, 4.69) is 48.5 Å². The molecule has 2 aliphatic rings. The fourth-order valence-corrected chi connectivity index (χ4v) is 4.01. The first kappa shape index (κ1) is 10.4. The van der Waals surface area contributed by atoms with Crippen molar-refractivity contribution in [3.63, 3.8) is 0 Å². The van der Waals surface area contributed by atoms with Gasteiger partial charge in [0.1, 0.15) is 0 Å². The smallest absolute Gasteiger partial charge is 0.00867 e. The average molecular weight is 234 g/mol. The van der Waals surface area contributed by atoms with E-state index in [-0.39, 0.29) is 0 Å². The van der Waals surface area contributed by atoms with Crippen LogP contribution in [-0.4, -0.2) is 0 Å². The molecule has 2 aromatic carbocycles. The zero-order chi connectivity index (χ0) is 11.9. The Balaban J connectivity index is 1.99. The molecule has 0 spiro atoms. The highest BCUT2D eigenvalue weighted by Crippen LogP contribution is 2.52. The molecule has 0 unspecified atom stereocenters. The van der Waals surface area contributed by atoms with E-state index in [1.165, 1.54) is 36.8 Å². The van der Waals surface area contributed by atoms with Gasteiger partial charge in [0.25, 0.3) is 0 Å². The zero-order valence-electron chi connectivity index (χ0n) is 10.6. The lowest BCUT2D eigenvalue weighted by Gasteiger charge is -2.38. The molecule has 2 aromatic rings. The van der Waals surface area contributed by atoms with E-state index in [0.717, 1.165) is 11.8 Å². The summed E-state index contributed by atoms with van der Waals surface area (Å²) < 4.78 is 0. The van der Waals surface area contributed by atoms with Gasteiger partial charge < -0.3 is 0 Å². The van der Waals surface area contributed by atoms with Gasteiger partial charge in [-0.1, -0.05) is 61.4 Å². The van der Waals surface area contributed by atoms with Gasteiger partial charge in [0.15, 0.2) is 0 Å². The lowest BCUT2D eigenvalue weighted by atomic mass is 9.66. The molecule has 0 heteroatoms. The highest BCUT2D eigenvalue weighted by Gasteiger charge is 2.34. The molecule has 2 atom stereocenters. The van der Waals surface area contributed by atoms with Crippen LogP contribution >= 0.6 is 0 Å². The van der Waals surface area contributed by atoms with Crippen molar-refractivity contribution in [2.24, 2.45) is 0 Å². The third-order valence-electron chi connectivity index (χ3n) is 4.78. The molecule has 4 rings (SSSR count). The number of benzene rings is 2. The normalized spacial score (nSPS) is 24.9. The Hall–Kier alpha value is -1.56. The maximum Gasteiger partial charge on any atom is -0.00867 e. The second kappa shape index (κ2) is 3.98. The van der Waals surface area contributed by atoms with Crippen molar-refractivity contribution < 1.29 is 0 Å². The predicted molar refractivity (Wildman–Crippen MR) is 75.8 cm³/mol. The highest BCUT2D eigenvalue weighted by molar-refractivity contribution is 5.75. The van der Waals surface area contributed by atoms with Crippen molar-refractivity contribution in [2.45, 2.75) is 37.5 Å². The molecule has 0 radical (unpaired) electrons. The van der Waals surface area contributed by atoms with Crippen LogP contribution in [0.3, 0.4) is 0 Å². The summed E-state index contributed by atoms with van der Waals surface area (Å²) in [7, 11) is 0. The Kier molecular flexibility index (Phi) is 2.29. The van der Waals surface area contributed by atoms with Gasteiger partial charge in [-0.25, -0.2) is 0 Å². The quantitative estimate of drug-likeness (QED) is 0.594. The van der Waals surface area contributed by atoms with Crippen LogP contribution in [0.15, 0.2) is 48.5 Å². The van der Waals surface area contributed by atoms with E-state index < -0.39 is 0 Å². The molecular weight excluding hydrogens is 216 g/mol. The number of hydrogen-bond donors (Lipinski definition) is 0. The van der Waals surface area contributed by atoms with Crippen LogP contribution in [0.2, 0.25) is 0 Å². The molecule has 0 N–H and O–H groups in total. The van der Waals surface area contributed by atoms with Gasteiger partial charge in [-0.05, 0) is 46.9 Å². The Morgan fingerprint density at radius 1 is 0.611 bits per heavy atom. The summed E-state index contributed by atoms with van der Waals surface area (Å²) in [5.41, 5.74) is 6.16. The van der Waals surface area contributed by atoms with Crippen LogP contribution in [-0.2, 0) is 0 Å². The minimum Gasteiger partial charge on any atom is -0.0619 e. The second-order valence-corrected chi connectivity index (χ2v) is 5.67. The maximum atomic E-state index is 2.36. The summed E-state index contributed by atoms with van der Waals surface area (Å²) in [6.07, 6.45) is 5.54. The van der Waals surface area contributed by atoms with Crippen molar-refractivity contribution in [1.29, 1.82) is 0 Å². The summed E-state index contributed by atoms with van der Waals surface area (Å²) in [6, 6.07) is 18.1. The lowest BCUT2D eigenvalue weighted by Crippen LogP contribution is -2.21. The molecule has 0 nitrogen and oxygen atoms in total. The molecule has 0 saturated heterocycles. The lowest BCUT2D eigenvalue weighted by molar-refractivity contribution is 0.383. The highest BCUT2D eigenvalue weighted by atomic mass is 14.4. The molecule has 2 aliphatic carbocycles. The zero-order valence-corrected chi connectivity index (χ0v) is 10.6. The molecule has 0 bridgehead atoms. The largest absolute Gasteiger partial charge is 0.0619 e. The monoisotopic (exact) mass is 234 g/mol. The Labute approximate surface area is 109 Å². The second-order valence-electron chi connectivity index (χ2n) is 5.67. The van der Waals surface area contributed by atoms with Gasteiger partial charge in [0.05, 0.1) is 0 Å². The standard InChI is InChI=1S/C18H18/c1-2-8-14-13(7-1)15-9-3-4-11-17(15)18-12-6-5-10-16(14)18/h1-4,7-9,11,16,18H,5-6,10,12H2/t16-,18+/m1/s1. The van der Waals surface area contributed by atoms with E-state index in [0.29, 0.717) is 0 Å². The third-order valence-corrected chi connectivity index (χ3v) is 4.78. The van der Waals surface area contributed by atoms with Crippen molar-refractivity contribution in [3.8, 4) is 11.1 Å². The van der Waals surface area contributed by atoms with E-state index >= 15 is 0 Å². The van der Waals surface area contributed by atoms with E-state index in [4.69, 9.17) is 0 Å². The summed E-state index contributed by atoms with van der Waals surface area (Å²) in [6.45, 7) is 0. The molecule has 0 aliphatic heterocycles. The predicted octanol–water partition coefficient (Wildman–Crippen LogP) is 5.11. The SMILES string of the molecule is c1ccc2c(c1)-c1ccccc1[C@H]1CCCC[C@H]21. The molecule has 0 amide bonds. The molecule has 90 valence electrons. The van der Waals surface area contributed by atoms with Gasteiger partial charge in [-0.3, -0.25) is 0 Å². The van der Waals surface area contributed by atoms with Crippen molar-refractivity contribution >= 4 is 0 Å². The summed E-state index contributed by atoms with van der Waals surface area (Å²) in [5, 5.41) is 0. The topological polar surface area (TPSA) is 0 Å². The average Bonchev–Trinajstić information content (AvgIpc) is 2.48. The minimum absolute atomic E-state index is 0.768. The number of hydrogen-bond acceptors (Lipinski definition) is 0. The third kappa shape index (κ3) is 1.38. The van der Waals surface area contributed by atoms with Crippen LogP contribution in [0.25, 0.3) is 11.1 Å². The minimum atomic E-state index is 0.768. The Morgan fingerprint density at radius 2 is 1.06 bits per heavy atom. The number of fused-ring (bicyclic) bond motifs is 6. The van der Waals surface area contributed by atoms with Gasteiger partial charge in [0.2, 0.25) is 0 Å². The van der Waals surface area contributed by atoms with E-state index in [1.54, 1.807) is 11.1 Å². The molecule has 1 saturated carbocycles. The van der Waals surface area contributed by atoms with Gasteiger partial charge >= 0.3 is 0 Å². The van der Waals surface area contributed by atoms with Crippen LogP contribution in [0.5, 0.6) is 0 Å². The van der Waals surface area contributed by atoms with Crippen LogP contribution in [0.1, 0.15) is 48.6 Å². The van der Waals surface area contributed by atoms with E-state index in [1.807, 2.05) is 0 Å². The number of rotatable bonds is 0. The van der Waals surface area contributed by atoms with Gasteiger partial charge in [-0.2, -0.15) is 0 Å². The van der Waals surface area contributed by atoms with Crippen LogP contribution in [0, 0.1) is 0 Å². The van der Waals surface area contributed by atoms with Crippen LogP contribution in [0.4, 0.5) is 0 Å². The summed E-state index contributed by atoms with van der Waals surface area (Å²) >= 11 is 0. The van der Waals surface area contributed by atoms with Crippen molar-refractivity contribution in [2.75, 3.05) is 0 Å². The molecule has 0 aromatic heterocycles. The fraction of sp³-hybridized carbons (Fsp3) is 0.333. The first-order valence-electron chi connectivity index (χ1n) is 7.13. The van der Waals surface area contributed by atoms with Crippen LogP contribution < -0.4 is 0 Å². The van der Waals surface area contributed by atoms with Gasteiger partial charge in [0, 0.05) is 0 Å². The summed E-state index contributed by atoms with van der Waals surface area (Å²) in [5.74, 6) is 1.54. The fourth-order valence-electron chi connectivity index (χ4n) is 4.01. The molecule has 18 heavy (non-hydrogen) atoms. The van der Waals surface area contributed by atoms with Crippen molar-refractivity contribution in [1.82, 2.24) is 0 Å². The summed E-state index contributed by atoms with van der Waals surface area (Å²) in [4.78, 5) is 0. The van der Waals surface area contributed by atoms with Gasteiger partial charge in [-0.15, -0.1) is 0 Å².